The summed E-state index contributed by atoms with van der Waals surface area (Å²) in [6, 6.07) is 9.29. The lowest BCUT2D eigenvalue weighted by Gasteiger charge is -2.10. The molecule has 0 radical (unpaired) electrons. The van der Waals surface area contributed by atoms with Crippen molar-refractivity contribution in [3.8, 4) is 34.4 Å². The first-order valence-electron chi connectivity index (χ1n) is 9.22. The number of ether oxygens (including phenoxy) is 3. The lowest BCUT2D eigenvalue weighted by Crippen LogP contribution is -2.15. The average molecular weight is 432 g/mol. The van der Waals surface area contributed by atoms with Crippen molar-refractivity contribution in [2.75, 3.05) is 19.8 Å². The molecule has 2 aromatic heterocycles. The van der Waals surface area contributed by atoms with Crippen molar-refractivity contribution in [3.05, 3.63) is 53.4 Å². The van der Waals surface area contributed by atoms with Gasteiger partial charge < -0.3 is 14.2 Å². The van der Waals surface area contributed by atoms with E-state index >= 15 is 0 Å². The molecule has 0 saturated heterocycles. The van der Waals surface area contributed by atoms with Gasteiger partial charge in [0.1, 0.15) is 5.82 Å². The summed E-state index contributed by atoms with van der Waals surface area (Å²) in [5, 5.41) is -0.00981. The highest BCUT2D eigenvalue weighted by molar-refractivity contribution is 6.30. The van der Waals surface area contributed by atoms with Gasteiger partial charge in [0.15, 0.2) is 12.4 Å². The third kappa shape index (κ3) is 5.42. The van der Waals surface area contributed by atoms with E-state index in [0.29, 0.717) is 29.3 Å². The number of hydrogen-bond donors (Lipinski definition) is 0. The van der Waals surface area contributed by atoms with E-state index in [-0.39, 0.29) is 29.9 Å². The van der Waals surface area contributed by atoms with Crippen LogP contribution >= 0.6 is 11.6 Å². The molecule has 0 fully saturated rings. The molecule has 0 N–H and O–H groups in total. The van der Waals surface area contributed by atoms with Crippen molar-refractivity contribution in [2.45, 2.75) is 13.8 Å². The minimum absolute atomic E-state index is 0.00981. The van der Waals surface area contributed by atoms with Gasteiger partial charge in [0.25, 0.3) is 0 Å². The molecule has 1 aromatic carbocycles. The number of carbonyl (C=O) groups excluding carboxylic acids is 1. The van der Waals surface area contributed by atoms with Gasteiger partial charge in [-0.3, -0.25) is 0 Å². The molecule has 0 bridgehead atoms. The predicted molar refractivity (Wildman–Crippen MR) is 109 cm³/mol. The fraction of sp³-hybridized carbons (Fsp3) is 0.238. The van der Waals surface area contributed by atoms with E-state index in [0.717, 1.165) is 0 Å². The molecule has 0 unspecified atom stereocenters. The van der Waals surface area contributed by atoms with Gasteiger partial charge in [-0.05, 0) is 38.1 Å². The molecule has 0 atom stereocenters. The van der Waals surface area contributed by atoms with Crippen molar-refractivity contribution < 1.29 is 23.4 Å². The summed E-state index contributed by atoms with van der Waals surface area (Å²) in [7, 11) is 0. The Morgan fingerprint density at radius 1 is 1.00 bits per heavy atom. The zero-order valence-corrected chi connectivity index (χ0v) is 17.1. The summed E-state index contributed by atoms with van der Waals surface area (Å²) in [5.41, 5.74) is 1.54. The van der Waals surface area contributed by atoms with Gasteiger partial charge in [0.05, 0.1) is 23.9 Å². The number of hydrogen-bond acceptors (Lipinski definition) is 7. The van der Waals surface area contributed by atoms with E-state index in [2.05, 4.69) is 15.0 Å². The molecular formula is C21H19ClFN3O4. The standard InChI is InChI=1S/C21H19ClFN3O4/c1-3-28-18-8-6-14(11-24-18)17-10-19(30-12-20(27)29-4-2)26-21(25-17)13-5-7-15(22)16(23)9-13/h5-11H,3-4,12H2,1-2H3. The second kappa shape index (κ2) is 9.98. The second-order valence-electron chi connectivity index (χ2n) is 5.96. The molecule has 0 amide bonds. The summed E-state index contributed by atoms with van der Waals surface area (Å²) in [6.45, 7) is 3.99. The van der Waals surface area contributed by atoms with E-state index < -0.39 is 11.8 Å². The lowest BCUT2D eigenvalue weighted by atomic mass is 10.1. The Bertz CT molecular complexity index is 1030. The lowest BCUT2D eigenvalue weighted by molar-refractivity contribution is -0.145. The molecule has 2 heterocycles. The zero-order chi connectivity index (χ0) is 21.5. The van der Waals surface area contributed by atoms with Crippen LogP contribution in [-0.4, -0.2) is 40.7 Å². The number of pyridine rings is 1. The molecule has 9 heteroatoms. The van der Waals surface area contributed by atoms with Crippen molar-refractivity contribution >= 4 is 17.6 Å². The Balaban J connectivity index is 1.98. The molecule has 156 valence electrons. The quantitative estimate of drug-likeness (QED) is 0.490. The Morgan fingerprint density at radius 2 is 1.80 bits per heavy atom. The van der Waals surface area contributed by atoms with Crippen LogP contribution < -0.4 is 9.47 Å². The van der Waals surface area contributed by atoms with Gasteiger partial charge in [-0.2, -0.15) is 4.98 Å². The topological polar surface area (TPSA) is 83.4 Å². The molecule has 0 aliphatic rings. The number of benzene rings is 1. The van der Waals surface area contributed by atoms with E-state index in [1.807, 2.05) is 6.92 Å². The van der Waals surface area contributed by atoms with E-state index in [9.17, 15) is 9.18 Å². The SMILES string of the molecule is CCOC(=O)COc1cc(-c2ccc(OCC)nc2)nc(-c2ccc(Cl)c(F)c2)n1. The first kappa shape index (κ1) is 21.4. The molecule has 3 rings (SSSR count). The molecule has 30 heavy (non-hydrogen) atoms. The first-order chi connectivity index (χ1) is 14.5. The average Bonchev–Trinajstić information content (AvgIpc) is 2.75. The minimum Gasteiger partial charge on any atom is -0.478 e. The fourth-order valence-corrected chi connectivity index (χ4v) is 2.63. The Kier molecular flexibility index (Phi) is 7.13. The molecule has 0 aliphatic heterocycles. The van der Waals surface area contributed by atoms with Crippen LogP contribution in [0.3, 0.4) is 0 Å². The van der Waals surface area contributed by atoms with E-state index in [4.69, 9.17) is 25.8 Å². The second-order valence-corrected chi connectivity index (χ2v) is 6.36. The maximum atomic E-state index is 13.9. The molecule has 3 aromatic rings. The van der Waals surface area contributed by atoms with E-state index in [1.165, 1.54) is 12.1 Å². The smallest absolute Gasteiger partial charge is 0.344 e. The molecule has 0 spiro atoms. The molecule has 0 saturated carbocycles. The fourth-order valence-electron chi connectivity index (χ4n) is 2.51. The maximum absolute atomic E-state index is 13.9. The predicted octanol–water partition coefficient (Wildman–Crippen LogP) is 4.34. The highest BCUT2D eigenvalue weighted by Crippen LogP contribution is 2.27. The third-order valence-corrected chi connectivity index (χ3v) is 4.15. The van der Waals surface area contributed by atoms with Crippen LogP contribution in [0.25, 0.3) is 22.6 Å². The van der Waals surface area contributed by atoms with Crippen LogP contribution in [0.15, 0.2) is 42.6 Å². The number of carbonyl (C=O) groups is 1. The van der Waals surface area contributed by atoms with Gasteiger partial charge in [-0.15, -0.1) is 0 Å². The summed E-state index contributed by atoms with van der Waals surface area (Å²) in [4.78, 5) is 24.6. The van der Waals surface area contributed by atoms with Crippen LogP contribution in [0.2, 0.25) is 5.02 Å². The number of aromatic nitrogens is 3. The minimum atomic E-state index is -0.597. The first-order valence-corrected chi connectivity index (χ1v) is 9.60. The highest BCUT2D eigenvalue weighted by Gasteiger charge is 2.13. The summed E-state index contributed by atoms with van der Waals surface area (Å²) in [6.07, 6.45) is 1.59. The zero-order valence-electron chi connectivity index (χ0n) is 16.4. The molecular weight excluding hydrogens is 413 g/mol. The third-order valence-electron chi connectivity index (χ3n) is 3.85. The van der Waals surface area contributed by atoms with Gasteiger partial charge >= 0.3 is 5.97 Å². The van der Waals surface area contributed by atoms with Gasteiger partial charge in [0, 0.05) is 29.5 Å². The van der Waals surface area contributed by atoms with E-state index in [1.54, 1.807) is 37.4 Å². The molecule has 7 nitrogen and oxygen atoms in total. The van der Waals surface area contributed by atoms with Crippen molar-refractivity contribution in [2.24, 2.45) is 0 Å². The van der Waals surface area contributed by atoms with Crippen LogP contribution in [-0.2, 0) is 9.53 Å². The van der Waals surface area contributed by atoms with Gasteiger partial charge in [-0.25, -0.2) is 19.2 Å². The summed E-state index contributed by atoms with van der Waals surface area (Å²) in [5.74, 6) is -0.309. The Morgan fingerprint density at radius 3 is 2.47 bits per heavy atom. The van der Waals surface area contributed by atoms with Crippen LogP contribution in [0.4, 0.5) is 4.39 Å². The number of nitrogens with zero attached hydrogens (tertiary/aromatic N) is 3. The summed E-state index contributed by atoms with van der Waals surface area (Å²) >= 11 is 5.77. The highest BCUT2D eigenvalue weighted by atomic mass is 35.5. The maximum Gasteiger partial charge on any atom is 0.344 e. The number of esters is 1. The normalized spacial score (nSPS) is 10.5. The van der Waals surface area contributed by atoms with Crippen molar-refractivity contribution in [3.63, 3.8) is 0 Å². The monoisotopic (exact) mass is 431 g/mol. The van der Waals surface area contributed by atoms with Crippen molar-refractivity contribution in [1.29, 1.82) is 0 Å². The largest absolute Gasteiger partial charge is 0.478 e. The van der Waals surface area contributed by atoms with Gasteiger partial charge in [-0.1, -0.05) is 11.6 Å². The summed E-state index contributed by atoms with van der Waals surface area (Å²) < 4.78 is 29.6. The van der Waals surface area contributed by atoms with Crippen LogP contribution in [0.5, 0.6) is 11.8 Å². The van der Waals surface area contributed by atoms with Crippen molar-refractivity contribution in [1.82, 2.24) is 15.0 Å². The molecule has 0 aliphatic carbocycles. The van der Waals surface area contributed by atoms with Crippen LogP contribution in [0.1, 0.15) is 13.8 Å². The van der Waals surface area contributed by atoms with Crippen LogP contribution in [0, 0.1) is 5.82 Å². The number of rotatable bonds is 8. The van der Waals surface area contributed by atoms with Gasteiger partial charge in [0.2, 0.25) is 11.8 Å². The number of halogens is 2. The Hall–Kier alpha value is -3.26. The Labute approximate surface area is 177 Å².